The lowest BCUT2D eigenvalue weighted by Gasteiger charge is -2.35. The number of thiophene rings is 1. The zero-order valence-corrected chi connectivity index (χ0v) is 18.7. The summed E-state index contributed by atoms with van der Waals surface area (Å²) in [6, 6.07) is 4.97. The first kappa shape index (κ1) is 22.5. The highest BCUT2D eigenvalue weighted by atomic mass is 32.1. The van der Waals surface area contributed by atoms with Gasteiger partial charge in [-0.05, 0) is 37.6 Å². The molecule has 1 fully saturated rings. The van der Waals surface area contributed by atoms with Crippen LogP contribution in [0.5, 0.6) is 0 Å². The fraction of sp³-hybridized carbons (Fsp3) is 0.409. The van der Waals surface area contributed by atoms with Gasteiger partial charge < -0.3 is 10.2 Å². The highest BCUT2D eigenvalue weighted by Gasteiger charge is 2.34. The number of aryl methyl sites for hydroxylation is 1. The third kappa shape index (κ3) is 4.42. The number of nitrogens with one attached hydrogen (secondary N) is 1. The molecule has 0 radical (unpaired) electrons. The molecule has 0 unspecified atom stereocenters. The number of hydrogen-bond donors (Lipinski definition) is 1. The molecule has 1 aliphatic rings. The molecule has 2 aromatic heterocycles. The van der Waals surface area contributed by atoms with Crippen LogP contribution in [0.3, 0.4) is 0 Å². The molecular formula is C22H24F3N5OS. The molecule has 32 heavy (non-hydrogen) atoms. The minimum Gasteiger partial charge on any atom is -0.353 e. The van der Waals surface area contributed by atoms with E-state index in [1.807, 2.05) is 0 Å². The number of rotatable bonds is 5. The van der Waals surface area contributed by atoms with E-state index in [0.717, 1.165) is 56.4 Å². The van der Waals surface area contributed by atoms with E-state index >= 15 is 0 Å². The zero-order chi connectivity index (χ0) is 22.9. The van der Waals surface area contributed by atoms with E-state index in [2.05, 4.69) is 32.0 Å². The molecular weight excluding hydrogens is 439 g/mol. The highest BCUT2D eigenvalue weighted by molar-refractivity contribution is 7.20. The molecule has 0 aliphatic carbocycles. The van der Waals surface area contributed by atoms with Gasteiger partial charge in [0.2, 0.25) is 0 Å². The van der Waals surface area contributed by atoms with Crippen LogP contribution >= 0.6 is 11.3 Å². The Bertz CT molecular complexity index is 1120. The fourth-order valence-corrected chi connectivity index (χ4v) is 5.07. The number of hydrogen-bond acceptors (Lipinski definition) is 6. The van der Waals surface area contributed by atoms with Crippen LogP contribution in [0, 0.1) is 6.92 Å². The number of anilines is 2. The van der Waals surface area contributed by atoms with Crippen molar-refractivity contribution in [3.63, 3.8) is 0 Å². The minimum absolute atomic E-state index is 0.264. The first-order valence-corrected chi connectivity index (χ1v) is 11.3. The number of piperazine rings is 1. The lowest BCUT2D eigenvalue weighted by atomic mass is 10.1. The van der Waals surface area contributed by atoms with E-state index in [-0.39, 0.29) is 5.69 Å². The fourth-order valence-electron chi connectivity index (χ4n) is 4.03. The summed E-state index contributed by atoms with van der Waals surface area (Å²) in [5, 5.41) is 3.22. The molecule has 1 aliphatic heterocycles. The van der Waals surface area contributed by atoms with Crippen molar-refractivity contribution in [3.05, 3.63) is 46.6 Å². The average Bonchev–Trinajstić information content (AvgIpc) is 3.11. The molecule has 1 amide bonds. The third-order valence-electron chi connectivity index (χ3n) is 5.61. The minimum atomic E-state index is -4.56. The molecule has 1 N–H and O–H groups in total. The van der Waals surface area contributed by atoms with Gasteiger partial charge in [0.05, 0.1) is 21.5 Å². The summed E-state index contributed by atoms with van der Waals surface area (Å²) >= 11 is 1.17. The van der Waals surface area contributed by atoms with Crippen LogP contribution in [0.15, 0.2) is 30.6 Å². The largest absolute Gasteiger partial charge is 0.418 e. The van der Waals surface area contributed by atoms with Gasteiger partial charge in [-0.3, -0.25) is 9.69 Å². The topological polar surface area (TPSA) is 61.4 Å². The number of para-hydroxylation sites is 1. The molecule has 1 aromatic carbocycles. The van der Waals surface area contributed by atoms with E-state index in [1.165, 1.54) is 35.9 Å². The number of nitrogens with zero attached hydrogens (tertiary/aromatic N) is 4. The van der Waals surface area contributed by atoms with Crippen LogP contribution in [0.4, 0.5) is 24.7 Å². The zero-order valence-electron chi connectivity index (χ0n) is 17.9. The lowest BCUT2D eigenvalue weighted by molar-refractivity contribution is -0.136. The van der Waals surface area contributed by atoms with Gasteiger partial charge in [-0.1, -0.05) is 19.1 Å². The Labute approximate surface area is 188 Å². The molecule has 3 aromatic rings. The van der Waals surface area contributed by atoms with E-state index in [9.17, 15) is 18.0 Å². The molecule has 3 heterocycles. The van der Waals surface area contributed by atoms with Gasteiger partial charge in [-0.15, -0.1) is 11.3 Å². The van der Waals surface area contributed by atoms with Crippen LogP contribution in [0.1, 0.15) is 34.1 Å². The SMILES string of the molecule is CCCN1CCN(c2ncnc3sc(C(=O)Nc4ccccc4C(F)(F)F)c(C)c23)CC1. The van der Waals surface area contributed by atoms with Crippen molar-refractivity contribution >= 4 is 39.0 Å². The Morgan fingerprint density at radius 2 is 1.88 bits per heavy atom. The summed E-state index contributed by atoms with van der Waals surface area (Å²) in [6.07, 6.45) is -1.97. The number of benzene rings is 1. The van der Waals surface area contributed by atoms with E-state index in [4.69, 9.17) is 0 Å². The second kappa shape index (κ2) is 9.03. The Morgan fingerprint density at radius 3 is 2.56 bits per heavy atom. The van der Waals surface area contributed by atoms with E-state index in [0.29, 0.717) is 15.3 Å². The maximum absolute atomic E-state index is 13.3. The average molecular weight is 464 g/mol. The number of alkyl halides is 3. The summed E-state index contributed by atoms with van der Waals surface area (Å²) < 4.78 is 39.9. The van der Waals surface area contributed by atoms with Gasteiger partial charge in [0.15, 0.2) is 0 Å². The molecule has 0 bridgehead atoms. The van der Waals surface area contributed by atoms with Crippen molar-refractivity contribution in [2.45, 2.75) is 26.4 Å². The van der Waals surface area contributed by atoms with Crippen molar-refractivity contribution in [2.75, 3.05) is 42.9 Å². The van der Waals surface area contributed by atoms with Crippen molar-refractivity contribution < 1.29 is 18.0 Å². The lowest BCUT2D eigenvalue weighted by Crippen LogP contribution is -2.46. The third-order valence-corrected chi connectivity index (χ3v) is 6.80. The van der Waals surface area contributed by atoms with Crippen LogP contribution in [-0.4, -0.2) is 53.5 Å². The van der Waals surface area contributed by atoms with E-state index in [1.54, 1.807) is 6.92 Å². The maximum Gasteiger partial charge on any atom is 0.418 e. The quantitative estimate of drug-likeness (QED) is 0.589. The van der Waals surface area contributed by atoms with Crippen LogP contribution in [0.2, 0.25) is 0 Å². The number of aromatic nitrogens is 2. The molecule has 0 atom stereocenters. The predicted octanol–water partition coefficient (Wildman–Crippen LogP) is 4.80. The number of halogens is 3. The maximum atomic E-state index is 13.3. The monoisotopic (exact) mass is 463 g/mol. The normalized spacial score (nSPS) is 15.3. The number of carbonyl (C=O) groups is 1. The number of fused-ring (bicyclic) bond motifs is 1. The molecule has 4 rings (SSSR count). The van der Waals surface area contributed by atoms with E-state index < -0.39 is 17.6 Å². The Kier molecular flexibility index (Phi) is 6.34. The molecule has 10 heteroatoms. The molecule has 6 nitrogen and oxygen atoms in total. The molecule has 1 saturated heterocycles. The van der Waals surface area contributed by atoms with Crippen molar-refractivity contribution in [2.24, 2.45) is 0 Å². The van der Waals surface area contributed by atoms with Gasteiger partial charge in [0, 0.05) is 26.2 Å². The molecule has 170 valence electrons. The van der Waals surface area contributed by atoms with Gasteiger partial charge in [-0.25, -0.2) is 9.97 Å². The van der Waals surface area contributed by atoms with Crippen molar-refractivity contribution in [1.29, 1.82) is 0 Å². The number of amides is 1. The Balaban J connectivity index is 1.63. The summed E-state index contributed by atoms with van der Waals surface area (Å²) in [5.41, 5.74) is -0.462. The summed E-state index contributed by atoms with van der Waals surface area (Å²) in [7, 11) is 0. The van der Waals surface area contributed by atoms with Gasteiger partial charge >= 0.3 is 6.18 Å². The first-order chi connectivity index (χ1) is 15.3. The second-order valence-corrected chi connectivity index (χ2v) is 8.76. The van der Waals surface area contributed by atoms with Gasteiger partial charge in [-0.2, -0.15) is 13.2 Å². The van der Waals surface area contributed by atoms with Crippen molar-refractivity contribution in [3.8, 4) is 0 Å². The first-order valence-electron chi connectivity index (χ1n) is 10.5. The highest BCUT2D eigenvalue weighted by Crippen LogP contribution is 2.37. The molecule has 0 saturated carbocycles. The predicted molar refractivity (Wildman–Crippen MR) is 120 cm³/mol. The Morgan fingerprint density at radius 1 is 1.16 bits per heavy atom. The van der Waals surface area contributed by atoms with Gasteiger partial charge in [0.25, 0.3) is 5.91 Å². The summed E-state index contributed by atoms with van der Waals surface area (Å²) in [6.45, 7) is 8.53. The van der Waals surface area contributed by atoms with Gasteiger partial charge in [0.1, 0.15) is 17.0 Å². The Hall–Kier alpha value is -2.72. The smallest absolute Gasteiger partial charge is 0.353 e. The standard InChI is InChI=1S/C22H24F3N5OS/c1-3-8-29-9-11-30(12-10-29)19-17-14(2)18(32-21(17)27-13-26-19)20(31)28-16-7-5-4-6-15(16)22(23,24)25/h4-7,13H,3,8-12H2,1-2H3,(H,28,31). The molecule has 0 spiro atoms. The summed E-state index contributed by atoms with van der Waals surface area (Å²) in [5.74, 6) is 0.190. The van der Waals surface area contributed by atoms with Crippen LogP contribution in [-0.2, 0) is 6.18 Å². The van der Waals surface area contributed by atoms with Crippen molar-refractivity contribution in [1.82, 2.24) is 14.9 Å². The van der Waals surface area contributed by atoms with Crippen LogP contribution in [0.25, 0.3) is 10.2 Å². The number of carbonyl (C=O) groups excluding carboxylic acids is 1. The summed E-state index contributed by atoms with van der Waals surface area (Å²) in [4.78, 5) is 27.3. The van der Waals surface area contributed by atoms with Crippen LogP contribution < -0.4 is 10.2 Å². The second-order valence-electron chi connectivity index (χ2n) is 7.76.